The SMILES string of the molecule is CCC1(CC)CN(C(C)C(=O)O)c2cc(OC)c(OC)cc2N1. The monoisotopic (exact) mass is 322 g/mol. The molecular weight excluding hydrogens is 296 g/mol. The number of carboxylic acid groups (broad SMARTS) is 1. The molecule has 0 saturated carbocycles. The van der Waals surface area contributed by atoms with Gasteiger partial charge in [-0.3, -0.25) is 0 Å². The van der Waals surface area contributed by atoms with E-state index in [0.29, 0.717) is 18.0 Å². The van der Waals surface area contributed by atoms with Crippen LogP contribution in [0.3, 0.4) is 0 Å². The van der Waals surface area contributed by atoms with Gasteiger partial charge >= 0.3 is 5.97 Å². The number of benzene rings is 1. The molecule has 6 heteroatoms. The van der Waals surface area contributed by atoms with Crippen molar-refractivity contribution in [3.8, 4) is 11.5 Å². The Morgan fingerprint density at radius 3 is 2.35 bits per heavy atom. The summed E-state index contributed by atoms with van der Waals surface area (Å²) in [5.41, 5.74) is 1.55. The Labute approximate surface area is 137 Å². The van der Waals surface area contributed by atoms with Gasteiger partial charge in [-0.2, -0.15) is 0 Å². The van der Waals surface area contributed by atoms with Crippen LogP contribution in [0.1, 0.15) is 33.6 Å². The fourth-order valence-corrected chi connectivity index (χ4v) is 3.07. The molecule has 2 rings (SSSR count). The van der Waals surface area contributed by atoms with Crippen molar-refractivity contribution >= 4 is 17.3 Å². The minimum absolute atomic E-state index is 0.156. The van der Waals surface area contributed by atoms with Gasteiger partial charge in [-0.25, -0.2) is 4.79 Å². The number of ether oxygens (including phenoxy) is 2. The number of nitrogens with one attached hydrogen (secondary N) is 1. The zero-order chi connectivity index (χ0) is 17.2. The van der Waals surface area contributed by atoms with E-state index in [1.807, 2.05) is 17.0 Å². The maximum atomic E-state index is 11.6. The van der Waals surface area contributed by atoms with Crippen LogP contribution in [-0.2, 0) is 4.79 Å². The van der Waals surface area contributed by atoms with Crippen LogP contribution in [0.25, 0.3) is 0 Å². The Balaban J connectivity index is 2.59. The summed E-state index contributed by atoms with van der Waals surface area (Å²) in [4.78, 5) is 13.5. The lowest BCUT2D eigenvalue weighted by Crippen LogP contribution is -2.56. The van der Waals surface area contributed by atoms with E-state index in [9.17, 15) is 9.90 Å². The Bertz CT molecular complexity index is 584. The fourth-order valence-electron chi connectivity index (χ4n) is 3.07. The highest BCUT2D eigenvalue weighted by Gasteiger charge is 2.38. The standard InChI is InChI=1S/C17H26N2O4/c1-6-17(7-2)10-19(11(3)16(20)21)13-9-15(23-5)14(22-4)8-12(13)18-17/h8-9,11,18H,6-7,10H2,1-5H3,(H,20,21). The third kappa shape index (κ3) is 3.02. The third-order valence-electron chi connectivity index (χ3n) is 4.86. The minimum Gasteiger partial charge on any atom is -0.493 e. The van der Waals surface area contributed by atoms with Gasteiger partial charge in [0.15, 0.2) is 11.5 Å². The maximum Gasteiger partial charge on any atom is 0.326 e. The summed E-state index contributed by atoms with van der Waals surface area (Å²) < 4.78 is 10.7. The minimum atomic E-state index is -0.839. The molecule has 1 heterocycles. The average Bonchev–Trinajstić information content (AvgIpc) is 2.58. The van der Waals surface area contributed by atoms with Crippen LogP contribution in [0.4, 0.5) is 11.4 Å². The molecule has 128 valence electrons. The molecule has 0 amide bonds. The van der Waals surface area contributed by atoms with E-state index < -0.39 is 12.0 Å². The van der Waals surface area contributed by atoms with Crippen molar-refractivity contribution < 1.29 is 19.4 Å². The van der Waals surface area contributed by atoms with Gasteiger partial charge in [-0.1, -0.05) is 13.8 Å². The highest BCUT2D eigenvalue weighted by atomic mass is 16.5. The van der Waals surface area contributed by atoms with Gasteiger partial charge in [0.2, 0.25) is 0 Å². The molecule has 1 atom stereocenters. The zero-order valence-electron chi connectivity index (χ0n) is 14.5. The summed E-state index contributed by atoms with van der Waals surface area (Å²) in [5, 5.41) is 13.1. The van der Waals surface area contributed by atoms with Crippen molar-refractivity contribution in [3.63, 3.8) is 0 Å². The second-order valence-corrected chi connectivity index (χ2v) is 5.98. The average molecular weight is 322 g/mol. The molecule has 1 aliphatic rings. The Kier molecular flexibility index (Phi) is 4.92. The Hall–Kier alpha value is -2.11. The van der Waals surface area contributed by atoms with E-state index in [0.717, 1.165) is 24.2 Å². The molecule has 0 saturated heterocycles. The van der Waals surface area contributed by atoms with E-state index in [1.165, 1.54) is 0 Å². The van der Waals surface area contributed by atoms with Crippen LogP contribution < -0.4 is 19.7 Å². The number of rotatable bonds is 6. The molecule has 0 bridgehead atoms. The number of hydrogen-bond acceptors (Lipinski definition) is 5. The third-order valence-corrected chi connectivity index (χ3v) is 4.86. The summed E-state index contributed by atoms with van der Waals surface area (Å²) in [6.07, 6.45) is 1.81. The van der Waals surface area contributed by atoms with Crippen LogP contribution in [0.2, 0.25) is 0 Å². The summed E-state index contributed by atoms with van der Waals surface area (Å²) >= 11 is 0. The molecule has 1 unspecified atom stereocenters. The number of carbonyl (C=O) groups is 1. The molecule has 0 aromatic heterocycles. The molecule has 0 fully saturated rings. The number of nitrogens with zero attached hydrogens (tertiary/aromatic N) is 1. The predicted octanol–water partition coefficient (Wildman–Crippen LogP) is 2.97. The Morgan fingerprint density at radius 1 is 1.30 bits per heavy atom. The first kappa shape index (κ1) is 17.2. The van der Waals surface area contributed by atoms with E-state index in [1.54, 1.807) is 21.1 Å². The molecule has 23 heavy (non-hydrogen) atoms. The van der Waals surface area contributed by atoms with Crippen LogP contribution in [0, 0.1) is 0 Å². The molecule has 6 nitrogen and oxygen atoms in total. The Morgan fingerprint density at radius 2 is 1.87 bits per heavy atom. The van der Waals surface area contributed by atoms with Crippen LogP contribution >= 0.6 is 0 Å². The van der Waals surface area contributed by atoms with Crippen molar-refractivity contribution in [2.45, 2.75) is 45.2 Å². The van der Waals surface area contributed by atoms with Gasteiger partial charge in [0, 0.05) is 18.7 Å². The van der Waals surface area contributed by atoms with Gasteiger partial charge in [0.25, 0.3) is 0 Å². The summed E-state index contributed by atoms with van der Waals surface area (Å²) in [6, 6.07) is 3.11. The van der Waals surface area contributed by atoms with Crippen molar-refractivity contribution in [1.29, 1.82) is 0 Å². The zero-order valence-corrected chi connectivity index (χ0v) is 14.5. The molecule has 0 aliphatic carbocycles. The summed E-state index contributed by atoms with van der Waals surface area (Å²) in [5.74, 6) is 0.384. The fraction of sp³-hybridized carbons (Fsp3) is 0.588. The molecular formula is C17H26N2O4. The van der Waals surface area contributed by atoms with E-state index in [4.69, 9.17) is 9.47 Å². The van der Waals surface area contributed by atoms with Crippen molar-refractivity contribution in [1.82, 2.24) is 0 Å². The van der Waals surface area contributed by atoms with Crippen LogP contribution in [0.5, 0.6) is 11.5 Å². The van der Waals surface area contributed by atoms with Gasteiger partial charge in [-0.15, -0.1) is 0 Å². The van der Waals surface area contributed by atoms with Gasteiger partial charge in [0.05, 0.1) is 31.1 Å². The lowest BCUT2D eigenvalue weighted by Gasteiger charge is -2.47. The number of hydrogen-bond donors (Lipinski definition) is 2. The topological polar surface area (TPSA) is 71.0 Å². The van der Waals surface area contributed by atoms with Crippen molar-refractivity contribution in [3.05, 3.63) is 12.1 Å². The normalized spacial score (nSPS) is 17.0. The first-order chi connectivity index (χ1) is 10.9. The number of aliphatic carboxylic acids is 1. The largest absolute Gasteiger partial charge is 0.493 e. The van der Waals surface area contributed by atoms with Crippen molar-refractivity contribution in [2.75, 3.05) is 31.0 Å². The highest BCUT2D eigenvalue weighted by molar-refractivity contribution is 5.84. The molecule has 0 spiro atoms. The van der Waals surface area contributed by atoms with Crippen LogP contribution in [-0.4, -0.2) is 43.4 Å². The molecule has 2 N–H and O–H groups in total. The number of carboxylic acids is 1. The van der Waals surface area contributed by atoms with Gasteiger partial charge in [-0.05, 0) is 19.8 Å². The van der Waals surface area contributed by atoms with Gasteiger partial charge < -0.3 is 24.8 Å². The lowest BCUT2D eigenvalue weighted by molar-refractivity contribution is -0.138. The lowest BCUT2D eigenvalue weighted by atomic mass is 9.88. The van der Waals surface area contributed by atoms with E-state index in [-0.39, 0.29) is 5.54 Å². The first-order valence-electron chi connectivity index (χ1n) is 7.95. The number of methoxy groups -OCH3 is 2. The predicted molar refractivity (Wildman–Crippen MR) is 90.9 cm³/mol. The molecule has 1 aromatic rings. The van der Waals surface area contributed by atoms with Crippen molar-refractivity contribution in [2.24, 2.45) is 0 Å². The smallest absolute Gasteiger partial charge is 0.326 e. The number of anilines is 2. The van der Waals surface area contributed by atoms with Crippen LogP contribution in [0.15, 0.2) is 12.1 Å². The number of fused-ring (bicyclic) bond motifs is 1. The van der Waals surface area contributed by atoms with Gasteiger partial charge in [0.1, 0.15) is 6.04 Å². The first-order valence-corrected chi connectivity index (χ1v) is 7.95. The molecule has 1 aliphatic heterocycles. The second kappa shape index (κ2) is 6.56. The quantitative estimate of drug-likeness (QED) is 0.839. The van der Waals surface area contributed by atoms with E-state index in [2.05, 4.69) is 19.2 Å². The second-order valence-electron chi connectivity index (χ2n) is 5.98. The van der Waals surface area contributed by atoms with E-state index >= 15 is 0 Å². The summed E-state index contributed by atoms with van der Waals surface area (Å²) in [7, 11) is 3.17. The maximum absolute atomic E-state index is 11.6. The summed E-state index contributed by atoms with van der Waals surface area (Å²) in [6.45, 7) is 6.58. The highest BCUT2D eigenvalue weighted by Crippen LogP contribution is 2.44. The molecule has 1 aromatic carbocycles. The molecule has 0 radical (unpaired) electrons.